The number of benzene rings is 1. The van der Waals surface area contributed by atoms with E-state index in [0.29, 0.717) is 5.69 Å². The van der Waals surface area contributed by atoms with E-state index in [-0.39, 0.29) is 23.5 Å². The molecule has 2 aromatic heterocycles. The van der Waals surface area contributed by atoms with E-state index >= 15 is 0 Å². The number of carbonyl (C=O) groups excluding carboxylic acids is 1. The maximum Gasteiger partial charge on any atom is 0.311 e. The maximum atomic E-state index is 12.1. The van der Waals surface area contributed by atoms with Crippen molar-refractivity contribution in [2.45, 2.75) is 6.54 Å². The molecule has 118 valence electrons. The van der Waals surface area contributed by atoms with Crippen LogP contribution in [0.15, 0.2) is 36.0 Å². The quantitative estimate of drug-likeness (QED) is 0.570. The van der Waals surface area contributed by atoms with Crippen molar-refractivity contribution in [2.75, 3.05) is 7.11 Å². The Labute approximate surface area is 134 Å². The van der Waals surface area contributed by atoms with Crippen LogP contribution in [-0.4, -0.2) is 27.3 Å². The lowest BCUT2D eigenvalue weighted by atomic mass is 10.1. The summed E-state index contributed by atoms with van der Waals surface area (Å²) in [6, 6.07) is 4.08. The maximum absolute atomic E-state index is 12.1. The molecular formula is C14H12N4O4S. The first-order valence-electron chi connectivity index (χ1n) is 6.60. The number of rotatable bonds is 5. The predicted octanol–water partition coefficient (Wildman–Crippen LogP) is 2.24. The van der Waals surface area contributed by atoms with E-state index in [2.05, 4.69) is 10.3 Å². The number of ether oxygens (including phenoxy) is 1. The van der Waals surface area contributed by atoms with Crippen LogP contribution in [0.3, 0.4) is 0 Å². The highest BCUT2D eigenvalue weighted by Crippen LogP contribution is 2.27. The largest absolute Gasteiger partial charge is 0.490 e. The summed E-state index contributed by atoms with van der Waals surface area (Å²) in [6.07, 6.45) is 3.70. The summed E-state index contributed by atoms with van der Waals surface area (Å²) in [7, 11) is 1.34. The molecule has 0 aliphatic carbocycles. The SMILES string of the molecule is COc1ccc(C(=O)NCc2cn3ccsc3n2)cc1[N+](=O)[O-]. The Morgan fingerprint density at radius 1 is 1.52 bits per heavy atom. The van der Waals surface area contributed by atoms with Crippen LogP contribution < -0.4 is 10.1 Å². The molecule has 0 fully saturated rings. The van der Waals surface area contributed by atoms with Crippen molar-refractivity contribution in [3.63, 3.8) is 0 Å². The normalized spacial score (nSPS) is 10.7. The number of nitrogens with zero attached hydrogens (tertiary/aromatic N) is 3. The van der Waals surface area contributed by atoms with Crippen LogP contribution in [0.1, 0.15) is 16.1 Å². The van der Waals surface area contributed by atoms with Crippen LogP contribution in [-0.2, 0) is 6.54 Å². The van der Waals surface area contributed by atoms with E-state index in [9.17, 15) is 14.9 Å². The standard InChI is InChI=1S/C14H12N4O4S/c1-22-12-3-2-9(6-11(12)18(20)21)13(19)15-7-10-8-17-4-5-23-14(17)16-10/h2-6,8H,7H2,1H3,(H,15,19). The van der Waals surface area contributed by atoms with E-state index in [1.807, 2.05) is 22.2 Å². The number of hydrogen-bond donors (Lipinski definition) is 1. The van der Waals surface area contributed by atoms with Gasteiger partial charge >= 0.3 is 5.69 Å². The number of nitro groups is 1. The topological polar surface area (TPSA) is 98.8 Å². The highest BCUT2D eigenvalue weighted by atomic mass is 32.1. The van der Waals surface area contributed by atoms with E-state index in [1.54, 1.807) is 0 Å². The molecule has 23 heavy (non-hydrogen) atoms. The Kier molecular flexibility index (Phi) is 3.94. The number of nitrogens with one attached hydrogen (secondary N) is 1. The zero-order chi connectivity index (χ0) is 16.4. The van der Waals surface area contributed by atoms with E-state index in [1.165, 1.54) is 36.6 Å². The minimum Gasteiger partial charge on any atom is -0.490 e. The lowest BCUT2D eigenvalue weighted by Crippen LogP contribution is -2.23. The van der Waals surface area contributed by atoms with Gasteiger partial charge in [0.2, 0.25) is 0 Å². The smallest absolute Gasteiger partial charge is 0.311 e. The summed E-state index contributed by atoms with van der Waals surface area (Å²) in [6.45, 7) is 0.243. The molecule has 1 aromatic carbocycles. The third-order valence-corrected chi connectivity index (χ3v) is 3.98. The molecule has 0 saturated heterocycles. The third kappa shape index (κ3) is 2.99. The average Bonchev–Trinajstić information content (AvgIpc) is 3.13. The number of amides is 1. The number of aromatic nitrogens is 2. The van der Waals surface area contributed by atoms with Gasteiger partial charge in [0.05, 0.1) is 24.3 Å². The molecule has 0 aliphatic heterocycles. The van der Waals surface area contributed by atoms with Gasteiger partial charge in [-0.3, -0.25) is 19.3 Å². The minimum atomic E-state index is -0.584. The summed E-state index contributed by atoms with van der Waals surface area (Å²) < 4.78 is 6.78. The molecule has 0 saturated carbocycles. The second-order valence-corrected chi connectivity index (χ2v) is 5.52. The van der Waals surface area contributed by atoms with Gasteiger partial charge in [0, 0.05) is 29.4 Å². The fourth-order valence-corrected chi connectivity index (χ4v) is 2.83. The highest BCUT2D eigenvalue weighted by Gasteiger charge is 2.18. The number of hydrogen-bond acceptors (Lipinski definition) is 6. The van der Waals surface area contributed by atoms with Gasteiger partial charge < -0.3 is 10.1 Å². The van der Waals surface area contributed by atoms with Gasteiger partial charge in [0.1, 0.15) is 0 Å². The summed E-state index contributed by atoms with van der Waals surface area (Å²) >= 11 is 1.50. The molecule has 0 aliphatic rings. The first-order valence-corrected chi connectivity index (χ1v) is 7.48. The summed E-state index contributed by atoms with van der Waals surface area (Å²) in [4.78, 5) is 27.7. The summed E-state index contributed by atoms with van der Waals surface area (Å²) in [5, 5.41) is 15.6. The number of methoxy groups -OCH3 is 1. The van der Waals surface area contributed by atoms with Crippen LogP contribution in [0.2, 0.25) is 0 Å². The molecule has 0 unspecified atom stereocenters. The molecule has 2 heterocycles. The lowest BCUT2D eigenvalue weighted by Gasteiger charge is -2.05. The van der Waals surface area contributed by atoms with Crippen LogP contribution in [0.5, 0.6) is 5.75 Å². The van der Waals surface area contributed by atoms with Crippen molar-refractivity contribution in [1.82, 2.24) is 14.7 Å². The summed E-state index contributed by atoms with van der Waals surface area (Å²) in [5.74, 6) is -0.298. The van der Waals surface area contributed by atoms with Gasteiger partial charge in [-0.2, -0.15) is 0 Å². The monoisotopic (exact) mass is 332 g/mol. The van der Waals surface area contributed by atoms with Gasteiger partial charge in [-0.1, -0.05) is 0 Å². The molecule has 1 amide bonds. The molecule has 0 radical (unpaired) electrons. The van der Waals surface area contributed by atoms with Crippen molar-refractivity contribution in [3.05, 3.63) is 57.3 Å². The summed E-state index contributed by atoms with van der Waals surface area (Å²) in [5.41, 5.74) is 0.661. The number of thiazole rings is 1. The Balaban J connectivity index is 1.73. The molecule has 3 rings (SSSR count). The second-order valence-electron chi connectivity index (χ2n) is 4.65. The number of nitro benzene ring substituents is 1. The van der Waals surface area contributed by atoms with Gasteiger partial charge in [0.25, 0.3) is 5.91 Å². The van der Waals surface area contributed by atoms with E-state index in [0.717, 1.165) is 4.96 Å². The molecule has 9 heteroatoms. The Hall–Kier alpha value is -2.94. The van der Waals surface area contributed by atoms with Crippen LogP contribution in [0.4, 0.5) is 5.69 Å². The van der Waals surface area contributed by atoms with Gasteiger partial charge in [-0.25, -0.2) is 4.98 Å². The van der Waals surface area contributed by atoms with Crippen molar-refractivity contribution in [1.29, 1.82) is 0 Å². The number of carbonyl (C=O) groups is 1. The van der Waals surface area contributed by atoms with E-state index < -0.39 is 10.8 Å². The highest BCUT2D eigenvalue weighted by molar-refractivity contribution is 7.15. The van der Waals surface area contributed by atoms with Crippen LogP contribution in [0, 0.1) is 10.1 Å². The number of imidazole rings is 1. The first-order chi connectivity index (χ1) is 11.1. The Morgan fingerprint density at radius 2 is 2.35 bits per heavy atom. The van der Waals surface area contributed by atoms with Gasteiger partial charge in [0.15, 0.2) is 10.7 Å². The number of fused-ring (bicyclic) bond motifs is 1. The Bertz CT molecular complexity index is 857. The molecule has 8 nitrogen and oxygen atoms in total. The molecule has 1 N–H and O–H groups in total. The molecule has 0 bridgehead atoms. The third-order valence-electron chi connectivity index (χ3n) is 3.21. The van der Waals surface area contributed by atoms with Crippen LogP contribution in [0.25, 0.3) is 4.96 Å². The van der Waals surface area contributed by atoms with Crippen molar-refractivity contribution >= 4 is 27.9 Å². The molecule has 0 atom stereocenters. The van der Waals surface area contributed by atoms with Gasteiger partial charge in [-0.15, -0.1) is 11.3 Å². The molecule has 3 aromatic rings. The van der Waals surface area contributed by atoms with Crippen molar-refractivity contribution in [3.8, 4) is 5.75 Å². The van der Waals surface area contributed by atoms with Crippen molar-refractivity contribution in [2.24, 2.45) is 0 Å². The Morgan fingerprint density at radius 3 is 3.04 bits per heavy atom. The van der Waals surface area contributed by atoms with Crippen LogP contribution >= 0.6 is 11.3 Å². The zero-order valence-electron chi connectivity index (χ0n) is 12.1. The lowest BCUT2D eigenvalue weighted by molar-refractivity contribution is -0.385. The average molecular weight is 332 g/mol. The second kappa shape index (κ2) is 6.05. The molecular weight excluding hydrogens is 320 g/mol. The van der Waals surface area contributed by atoms with Gasteiger partial charge in [-0.05, 0) is 12.1 Å². The fourth-order valence-electron chi connectivity index (χ4n) is 2.11. The van der Waals surface area contributed by atoms with Crippen molar-refractivity contribution < 1.29 is 14.5 Å². The van der Waals surface area contributed by atoms with E-state index in [4.69, 9.17) is 4.74 Å². The predicted molar refractivity (Wildman–Crippen MR) is 83.9 cm³/mol. The fraction of sp³-hybridized carbons (Fsp3) is 0.143. The first kappa shape index (κ1) is 15.0. The molecule has 0 spiro atoms. The minimum absolute atomic E-state index is 0.112. The zero-order valence-corrected chi connectivity index (χ0v) is 12.9.